The molecule has 14 nitrogen and oxygen atoms in total. The van der Waals surface area contributed by atoms with Gasteiger partial charge < -0.3 is 20.0 Å². The van der Waals surface area contributed by atoms with Crippen LogP contribution in [-0.4, -0.2) is 53.9 Å². The second-order valence-electron chi connectivity index (χ2n) is 8.66. The summed E-state index contributed by atoms with van der Waals surface area (Å²) in [6.45, 7) is 0.231. The highest BCUT2D eigenvalue weighted by Gasteiger charge is 2.60. The molecule has 0 saturated carbocycles. The van der Waals surface area contributed by atoms with Crippen molar-refractivity contribution in [1.82, 2.24) is 24.2 Å². The summed E-state index contributed by atoms with van der Waals surface area (Å²) in [5.41, 5.74) is 0.176. The van der Waals surface area contributed by atoms with Crippen LogP contribution < -0.4 is 10.8 Å². The summed E-state index contributed by atoms with van der Waals surface area (Å²) in [7, 11) is -2.93. The van der Waals surface area contributed by atoms with Crippen LogP contribution in [0, 0.1) is 17.0 Å². The number of halogens is 2. The number of ether oxygens (including phenoxy) is 1. The van der Waals surface area contributed by atoms with Gasteiger partial charge in [-0.2, -0.15) is 13.8 Å². The Kier molecular flexibility index (Phi) is 8.34. The van der Waals surface area contributed by atoms with Gasteiger partial charge in [-0.25, -0.2) is 19.0 Å². The first-order valence-electron chi connectivity index (χ1n) is 11.5. The van der Waals surface area contributed by atoms with Gasteiger partial charge in [0.2, 0.25) is 6.23 Å². The maximum Gasteiger partial charge on any atom is 0.434 e. The first-order chi connectivity index (χ1) is 18.4. The number of hydrogen-bond acceptors (Lipinski definition) is 10. The zero-order chi connectivity index (χ0) is 28.4. The van der Waals surface area contributed by atoms with Gasteiger partial charge >= 0.3 is 25.3 Å². The van der Waals surface area contributed by atoms with Gasteiger partial charge in [-0.15, -0.1) is 0 Å². The number of nitrogens with one attached hydrogen (secondary N) is 1. The summed E-state index contributed by atoms with van der Waals surface area (Å²) >= 11 is 0. The molecule has 1 unspecified atom stereocenters. The summed E-state index contributed by atoms with van der Waals surface area (Å²) in [5, 5.41) is 23.9. The average molecular weight is 570 g/mol. The molecule has 39 heavy (non-hydrogen) atoms. The fourth-order valence-corrected chi connectivity index (χ4v) is 5.03. The third-order valence-corrected chi connectivity index (χ3v) is 7.44. The van der Waals surface area contributed by atoms with E-state index in [-0.39, 0.29) is 12.2 Å². The predicted octanol–water partition coefficient (Wildman–Crippen LogP) is 2.22. The molecule has 1 aliphatic rings. The quantitative estimate of drug-likeness (QED) is 0.197. The van der Waals surface area contributed by atoms with Gasteiger partial charge in [-0.1, -0.05) is 35.3 Å². The predicted molar refractivity (Wildman–Crippen MR) is 130 cm³/mol. The Labute approximate surface area is 219 Å². The lowest BCUT2D eigenvalue weighted by Gasteiger charge is -2.22. The van der Waals surface area contributed by atoms with Gasteiger partial charge in [0.25, 0.3) is 0 Å². The molecule has 0 radical (unpaired) electrons. The molecule has 0 aliphatic carbocycles. The number of aryl methyl sites for hydroxylation is 1. The van der Waals surface area contributed by atoms with Crippen molar-refractivity contribution in [2.24, 2.45) is 7.05 Å². The van der Waals surface area contributed by atoms with Crippen LogP contribution in [0.5, 0.6) is 0 Å². The number of aromatic nitrogens is 4. The summed E-state index contributed by atoms with van der Waals surface area (Å²) in [6, 6.07) is 10.0. The average Bonchev–Trinajstić information content (AvgIpc) is 3.37. The lowest BCUT2D eigenvalue weighted by Crippen LogP contribution is -2.42. The van der Waals surface area contributed by atoms with Crippen LogP contribution in [0.3, 0.4) is 0 Å². The molecular weight excluding hydrogens is 545 g/mol. The van der Waals surface area contributed by atoms with Crippen molar-refractivity contribution in [3.63, 3.8) is 0 Å². The molecule has 2 aromatic heterocycles. The highest BCUT2D eigenvalue weighted by Crippen LogP contribution is 2.48. The number of benzene rings is 1. The van der Waals surface area contributed by atoms with Gasteiger partial charge in [0, 0.05) is 18.4 Å². The van der Waals surface area contributed by atoms with E-state index in [0.29, 0.717) is 15.8 Å². The molecule has 2 N–H and O–H groups in total. The van der Waals surface area contributed by atoms with Gasteiger partial charge in [-0.3, -0.25) is 13.6 Å². The molecule has 1 aliphatic heterocycles. The van der Waals surface area contributed by atoms with Gasteiger partial charge in [0.05, 0.1) is 13.7 Å². The topological polar surface area (TPSA) is 173 Å². The highest BCUT2D eigenvalue weighted by atomic mass is 31.2. The second kappa shape index (κ2) is 11.4. The lowest BCUT2D eigenvalue weighted by molar-refractivity contribution is -0.396. The molecule has 1 aromatic carbocycles. The summed E-state index contributed by atoms with van der Waals surface area (Å²) < 4.78 is 61.1. The molecule has 1 saturated heterocycles. The molecule has 3 heterocycles. The molecule has 0 bridgehead atoms. The minimum absolute atomic E-state index is 0.0130. The molecule has 17 heteroatoms. The van der Waals surface area contributed by atoms with E-state index in [1.165, 1.54) is 20.0 Å². The smallest absolute Gasteiger partial charge is 0.390 e. The van der Waals surface area contributed by atoms with Crippen LogP contribution >= 0.6 is 7.75 Å². The second-order valence-corrected chi connectivity index (χ2v) is 10.5. The SMILES string of the molecule is Cc1ccn([C@@H]2O[C@H](COP(=O)(NCc3ccccc3)OCc3cnc([N+](=O)[O-])n3C)[C@@H](O)C2(F)F)c(=O)n1. The molecule has 0 spiro atoms. The lowest BCUT2D eigenvalue weighted by atomic mass is 10.1. The van der Waals surface area contributed by atoms with E-state index < -0.39 is 61.9 Å². The Hall–Kier alpha value is -3.40. The fourth-order valence-electron chi connectivity index (χ4n) is 3.76. The van der Waals surface area contributed by atoms with Crippen LogP contribution in [0.2, 0.25) is 0 Å². The van der Waals surface area contributed by atoms with Gasteiger partial charge in [0.1, 0.15) is 24.6 Å². The maximum atomic E-state index is 14.9. The first-order valence-corrected chi connectivity index (χ1v) is 13.1. The number of alkyl halides is 2. The molecular formula is C22H25F2N6O8P. The van der Waals surface area contributed by atoms with E-state index in [1.54, 1.807) is 30.3 Å². The molecule has 4 rings (SSSR count). The number of aliphatic hydroxyl groups excluding tert-OH is 1. The zero-order valence-corrected chi connectivity index (χ0v) is 21.6. The van der Waals surface area contributed by atoms with Crippen molar-refractivity contribution in [2.45, 2.75) is 44.4 Å². The van der Waals surface area contributed by atoms with Crippen molar-refractivity contribution in [3.8, 4) is 0 Å². The number of hydrogen-bond donors (Lipinski definition) is 2. The Bertz CT molecular complexity index is 1440. The number of aliphatic hydroxyl groups is 1. The maximum absolute atomic E-state index is 14.9. The van der Waals surface area contributed by atoms with Crippen molar-refractivity contribution >= 4 is 13.7 Å². The van der Waals surface area contributed by atoms with Crippen LogP contribution in [-0.2, 0) is 38.5 Å². The zero-order valence-electron chi connectivity index (χ0n) is 20.7. The number of nitrogens with zero attached hydrogens (tertiary/aromatic N) is 5. The third kappa shape index (κ3) is 6.27. The Morgan fingerprint density at radius 1 is 1.28 bits per heavy atom. The van der Waals surface area contributed by atoms with Gasteiger partial charge in [-0.05, 0) is 23.5 Å². The van der Waals surface area contributed by atoms with Crippen LogP contribution in [0.4, 0.5) is 14.7 Å². The van der Waals surface area contributed by atoms with E-state index in [1.807, 2.05) is 0 Å². The summed E-state index contributed by atoms with van der Waals surface area (Å²) in [4.78, 5) is 29.8. The van der Waals surface area contributed by atoms with Crippen molar-refractivity contribution in [1.29, 1.82) is 0 Å². The van der Waals surface area contributed by atoms with Crippen molar-refractivity contribution in [3.05, 3.63) is 86.3 Å². The number of imidazole rings is 1. The van der Waals surface area contributed by atoms with Crippen LogP contribution in [0.1, 0.15) is 23.2 Å². The normalized spacial score (nSPS) is 22.0. The minimum Gasteiger partial charge on any atom is -0.390 e. The fraction of sp³-hybridized carbons (Fsp3) is 0.409. The Balaban J connectivity index is 1.50. The Morgan fingerprint density at radius 3 is 2.64 bits per heavy atom. The van der Waals surface area contributed by atoms with E-state index in [0.717, 1.165) is 17.0 Å². The molecule has 0 amide bonds. The van der Waals surface area contributed by atoms with Crippen LogP contribution in [0.15, 0.2) is 53.6 Å². The Morgan fingerprint density at radius 2 is 2.00 bits per heavy atom. The van der Waals surface area contributed by atoms with E-state index in [9.17, 15) is 33.4 Å². The summed E-state index contributed by atoms with van der Waals surface area (Å²) in [6.07, 6.45) is -4.08. The van der Waals surface area contributed by atoms with E-state index in [4.69, 9.17) is 13.8 Å². The molecule has 3 aromatic rings. The van der Waals surface area contributed by atoms with Crippen molar-refractivity contribution < 1.29 is 37.2 Å². The largest absolute Gasteiger partial charge is 0.434 e. The van der Waals surface area contributed by atoms with E-state index in [2.05, 4.69) is 15.1 Å². The molecule has 210 valence electrons. The molecule has 4 atom stereocenters. The summed E-state index contributed by atoms with van der Waals surface area (Å²) in [5.74, 6) is -4.39. The first kappa shape index (κ1) is 28.6. The molecule has 1 fully saturated rings. The number of nitro groups is 1. The van der Waals surface area contributed by atoms with E-state index >= 15 is 0 Å². The highest BCUT2D eigenvalue weighted by molar-refractivity contribution is 7.51. The minimum atomic E-state index is -4.29. The number of rotatable bonds is 11. The monoisotopic (exact) mass is 570 g/mol. The standard InChI is InChI=1S/C22H25F2N6O8P/c1-14-8-9-29(21(32)27-14)19-22(23,24)18(31)17(38-19)13-37-39(35,26-10-15-6-4-3-5-7-15)36-12-16-11-25-20(28(16)2)30(33)34/h3-9,11,17-19,31H,10,12-13H2,1-2H3,(H,26,35)/t17-,18-,19-,39?/m1/s1. The van der Waals surface area contributed by atoms with Crippen molar-refractivity contribution in [2.75, 3.05) is 6.61 Å². The van der Waals surface area contributed by atoms with Crippen LogP contribution in [0.25, 0.3) is 0 Å². The third-order valence-electron chi connectivity index (χ3n) is 5.94. The van der Waals surface area contributed by atoms with Gasteiger partial charge in [0.15, 0.2) is 6.10 Å².